The summed E-state index contributed by atoms with van der Waals surface area (Å²) in [5.74, 6) is -0.166. The maximum atomic E-state index is 12.5. The molecule has 3 aromatic rings. The van der Waals surface area contributed by atoms with Gasteiger partial charge < -0.3 is 0 Å². The summed E-state index contributed by atoms with van der Waals surface area (Å²) in [5.41, 5.74) is 4.11. The van der Waals surface area contributed by atoms with E-state index in [0.717, 1.165) is 22.5 Å². The predicted octanol–water partition coefficient (Wildman–Crippen LogP) is 5.11. The Balaban J connectivity index is 1.78. The SMILES string of the molecule is CC(=O)C1=NN(c2ccc([N+](=O)[O-])cc2)[C@@]2(S1)c1ccccc1C(C)=NN2c1ccccc1. The topological polar surface area (TPSA) is 91.4 Å². The highest BCUT2D eigenvalue weighted by molar-refractivity contribution is 8.17. The Bertz CT molecular complexity index is 1320. The van der Waals surface area contributed by atoms with Gasteiger partial charge in [-0.3, -0.25) is 14.9 Å². The number of thioether (sulfide) groups is 1. The van der Waals surface area contributed by atoms with Crippen LogP contribution in [0.3, 0.4) is 0 Å². The Morgan fingerprint density at radius 2 is 1.52 bits per heavy atom. The van der Waals surface area contributed by atoms with Crippen molar-refractivity contribution in [3.05, 3.63) is 100 Å². The normalized spacial score (nSPS) is 19.2. The minimum atomic E-state index is -1.03. The first-order chi connectivity index (χ1) is 15.9. The second-order valence-corrected chi connectivity index (χ2v) is 8.80. The van der Waals surface area contributed by atoms with Crippen molar-refractivity contribution >= 4 is 45.4 Å². The highest BCUT2D eigenvalue weighted by Gasteiger charge is 2.55. The number of nitro groups is 1. The van der Waals surface area contributed by atoms with Gasteiger partial charge in [-0.05, 0) is 43.0 Å². The van der Waals surface area contributed by atoms with E-state index >= 15 is 0 Å². The van der Waals surface area contributed by atoms with Crippen molar-refractivity contribution in [1.29, 1.82) is 0 Å². The summed E-state index contributed by atoms with van der Waals surface area (Å²) >= 11 is 1.31. The van der Waals surface area contributed by atoms with Crippen molar-refractivity contribution in [2.24, 2.45) is 10.2 Å². The fourth-order valence-electron chi connectivity index (χ4n) is 4.02. The van der Waals surface area contributed by atoms with Gasteiger partial charge in [-0.25, -0.2) is 10.0 Å². The maximum absolute atomic E-state index is 12.5. The molecular weight excluding hydrogens is 438 g/mol. The molecule has 0 unspecified atom stereocenters. The minimum Gasteiger partial charge on any atom is -0.292 e. The van der Waals surface area contributed by atoms with Crippen LogP contribution < -0.4 is 10.0 Å². The molecule has 33 heavy (non-hydrogen) atoms. The van der Waals surface area contributed by atoms with E-state index in [1.165, 1.54) is 30.8 Å². The Hall–Kier alpha value is -3.98. The number of rotatable bonds is 4. The van der Waals surface area contributed by atoms with Crippen LogP contribution >= 0.6 is 11.8 Å². The van der Waals surface area contributed by atoms with Crippen molar-refractivity contribution in [3.8, 4) is 0 Å². The Labute approximate surface area is 194 Å². The van der Waals surface area contributed by atoms with Crippen LogP contribution in [0.4, 0.5) is 17.1 Å². The number of fused-ring (bicyclic) bond motifs is 2. The van der Waals surface area contributed by atoms with Gasteiger partial charge >= 0.3 is 0 Å². The number of nitrogens with zero attached hydrogens (tertiary/aromatic N) is 5. The van der Waals surface area contributed by atoms with E-state index in [-0.39, 0.29) is 11.5 Å². The summed E-state index contributed by atoms with van der Waals surface area (Å²) in [4.78, 5) is 22.2. The number of benzene rings is 3. The van der Waals surface area contributed by atoms with Crippen LogP contribution in [-0.4, -0.2) is 21.5 Å². The van der Waals surface area contributed by atoms with Crippen LogP contribution in [0.25, 0.3) is 0 Å². The summed E-state index contributed by atoms with van der Waals surface area (Å²) in [5, 5.41) is 24.8. The molecule has 8 nitrogen and oxygen atoms in total. The highest BCUT2D eigenvalue weighted by atomic mass is 32.2. The average molecular weight is 458 g/mol. The number of para-hydroxylation sites is 1. The van der Waals surface area contributed by atoms with Gasteiger partial charge in [0.1, 0.15) is 0 Å². The molecule has 3 aromatic carbocycles. The zero-order valence-electron chi connectivity index (χ0n) is 17.9. The Morgan fingerprint density at radius 1 is 0.909 bits per heavy atom. The molecule has 9 heteroatoms. The van der Waals surface area contributed by atoms with Gasteiger partial charge in [0.15, 0.2) is 10.8 Å². The molecule has 1 spiro atoms. The lowest BCUT2D eigenvalue weighted by molar-refractivity contribution is -0.384. The minimum absolute atomic E-state index is 0.0201. The third-order valence-electron chi connectivity index (χ3n) is 5.53. The van der Waals surface area contributed by atoms with Crippen molar-refractivity contribution in [2.45, 2.75) is 18.8 Å². The molecule has 164 valence electrons. The molecular formula is C24H19N5O3S. The second kappa shape index (κ2) is 7.86. The van der Waals surface area contributed by atoms with Gasteiger partial charge in [0.05, 0.1) is 22.0 Å². The van der Waals surface area contributed by atoms with E-state index in [4.69, 9.17) is 10.2 Å². The number of Topliss-reactive ketones (excluding diaryl/α,β-unsaturated/α-hetero) is 1. The van der Waals surface area contributed by atoms with Gasteiger partial charge in [-0.1, -0.05) is 42.5 Å². The zero-order chi connectivity index (χ0) is 23.2. The fourth-order valence-corrected chi connectivity index (χ4v) is 5.31. The van der Waals surface area contributed by atoms with Crippen molar-refractivity contribution < 1.29 is 9.72 Å². The van der Waals surface area contributed by atoms with E-state index in [9.17, 15) is 14.9 Å². The third-order valence-corrected chi connectivity index (χ3v) is 6.94. The number of nitro benzene ring substituents is 1. The molecule has 0 aromatic heterocycles. The molecule has 0 amide bonds. The number of carbonyl (C=O) groups is 1. The summed E-state index contributed by atoms with van der Waals surface area (Å²) in [7, 11) is 0. The number of carbonyl (C=O) groups excluding carboxylic acids is 1. The van der Waals surface area contributed by atoms with E-state index < -0.39 is 9.92 Å². The van der Waals surface area contributed by atoms with Crippen LogP contribution in [0.5, 0.6) is 0 Å². The molecule has 2 heterocycles. The summed E-state index contributed by atoms with van der Waals surface area (Å²) in [6.45, 7) is 3.43. The molecule has 0 N–H and O–H groups in total. The quantitative estimate of drug-likeness (QED) is 0.400. The molecule has 5 rings (SSSR count). The average Bonchev–Trinajstić information content (AvgIpc) is 3.24. The lowest BCUT2D eigenvalue weighted by atomic mass is 9.98. The van der Waals surface area contributed by atoms with Crippen LogP contribution in [0.2, 0.25) is 0 Å². The first kappa shape index (κ1) is 20.9. The summed E-state index contributed by atoms with van der Waals surface area (Å²) < 4.78 is 0. The molecule has 1 atom stereocenters. The van der Waals surface area contributed by atoms with Crippen LogP contribution in [0.15, 0.2) is 89.1 Å². The molecule has 0 aliphatic carbocycles. The van der Waals surface area contributed by atoms with Crippen LogP contribution in [0.1, 0.15) is 25.0 Å². The van der Waals surface area contributed by atoms with Crippen molar-refractivity contribution in [3.63, 3.8) is 0 Å². The van der Waals surface area contributed by atoms with E-state index in [1.807, 2.05) is 66.5 Å². The van der Waals surface area contributed by atoms with E-state index in [2.05, 4.69) is 0 Å². The molecule has 0 saturated heterocycles. The standard InChI is InChI=1S/C24H19N5O3S/c1-16-21-10-6-7-11-22(21)24(27(25-16)18-8-4-3-5-9-18)28(26-23(33-24)17(2)30)19-12-14-20(15-13-19)29(31)32/h3-15H,1-2H3/t24-/m1/s1. The Kier molecular flexibility index (Phi) is 4.98. The second-order valence-electron chi connectivity index (χ2n) is 7.64. The summed E-state index contributed by atoms with van der Waals surface area (Å²) in [6.07, 6.45) is 0. The van der Waals surface area contributed by atoms with Gasteiger partial charge in [0.2, 0.25) is 4.99 Å². The van der Waals surface area contributed by atoms with Crippen molar-refractivity contribution in [2.75, 3.05) is 10.0 Å². The van der Waals surface area contributed by atoms with E-state index in [0.29, 0.717) is 10.7 Å². The molecule has 0 saturated carbocycles. The van der Waals surface area contributed by atoms with E-state index in [1.54, 1.807) is 17.1 Å². The number of hydrazone groups is 2. The lowest BCUT2D eigenvalue weighted by Crippen LogP contribution is -2.53. The molecule has 0 radical (unpaired) electrons. The number of non-ortho nitro benzene ring substituents is 1. The number of ketones is 1. The first-order valence-electron chi connectivity index (χ1n) is 10.3. The smallest absolute Gasteiger partial charge is 0.269 e. The largest absolute Gasteiger partial charge is 0.292 e. The maximum Gasteiger partial charge on any atom is 0.269 e. The Morgan fingerprint density at radius 3 is 2.18 bits per heavy atom. The van der Waals surface area contributed by atoms with Crippen molar-refractivity contribution in [1.82, 2.24) is 0 Å². The van der Waals surface area contributed by atoms with Crippen LogP contribution in [0, 0.1) is 10.1 Å². The number of anilines is 2. The monoisotopic (exact) mass is 457 g/mol. The lowest BCUT2D eigenvalue weighted by Gasteiger charge is -2.46. The summed E-state index contributed by atoms with van der Waals surface area (Å²) in [6, 6.07) is 23.7. The third kappa shape index (κ3) is 3.28. The fraction of sp³-hybridized carbons (Fsp3) is 0.125. The molecule has 0 bridgehead atoms. The number of hydrogen-bond donors (Lipinski definition) is 0. The molecule has 2 aliphatic rings. The van der Waals surface area contributed by atoms with Gasteiger partial charge in [-0.15, -0.1) is 0 Å². The van der Waals surface area contributed by atoms with Gasteiger partial charge in [0, 0.05) is 30.2 Å². The zero-order valence-corrected chi connectivity index (χ0v) is 18.7. The van der Waals surface area contributed by atoms with Crippen LogP contribution in [-0.2, 0) is 9.79 Å². The first-order valence-corrected chi connectivity index (χ1v) is 11.1. The number of hydrogen-bond acceptors (Lipinski definition) is 8. The molecule has 2 aliphatic heterocycles. The van der Waals surface area contributed by atoms with Gasteiger partial charge in [-0.2, -0.15) is 10.2 Å². The van der Waals surface area contributed by atoms with Gasteiger partial charge in [0.25, 0.3) is 5.69 Å². The molecule has 0 fully saturated rings. The highest BCUT2D eigenvalue weighted by Crippen LogP contribution is 2.54. The predicted molar refractivity (Wildman–Crippen MR) is 131 cm³/mol.